The van der Waals surface area contributed by atoms with Gasteiger partial charge in [0.1, 0.15) is 11.6 Å². The SMILES string of the molecule is COc1ccccc1CN1CCC(N(c2ccc(OC)c(OC)c2)S(=O)(=O)c2ccc(F)cc2)CC1. The molecular formula is C27H31FN2O5S. The second-order valence-corrected chi connectivity index (χ2v) is 10.4. The van der Waals surface area contributed by atoms with Gasteiger partial charge in [-0.25, -0.2) is 12.8 Å². The Hall–Kier alpha value is -3.30. The first kappa shape index (κ1) is 25.8. The standard InChI is InChI=1S/C27H31FN2O5S/c1-33-25-7-5-4-6-20(25)19-29-16-14-22(15-17-29)30(23-10-13-26(34-2)27(18-23)35-3)36(31,32)24-11-8-21(28)9-12-24/h4-13,18,22H,14-17,19H2,1-3H3. The maximum Gasteiger partial charge on any atom is 0.264 e. The van der Waals surface area contributed by atoms with Crippen molar-refractivity contribution >= 4 is 15.7 Å². The molecule has 9 heteroatoms. The average molecular weight is 515 g/mol. The molecule has 1 saturated heterocycles. The van der Waals surface area contributed by atoms with Gasteiger partial charge >= 0.3 is 0 Å². The highest BCUT2D eigenvalue weighted by Gasteiger charge is 2.35. The summed E-state index contributed by atoms with van der Waals surface area (Å²) in [5, 5.41) is 0. The first-order valence-electron chi connectivity index (χ1n) is 11.7. The molecule has 3 aromatic rings. The molecule has 0 saturated carbocycles. The fraction of sp³-hybridized carbons (Fsp3) is 0.333. The third kappa shape index (κ3) is 5.42. The van der Waals surface area contributed by atoms with Crippen molar-refractivity contribution in [3.63, 3.8) is 0 Å². The van der Waals surface area contributed by atoms with E-state index in [4.69, 9.17) is 14.2 Å². The highest BCUT2D eigenvalue weighted by Crippen LogP contribution is 2.37. The summed E-state index contributed by atoms with van der Waals surface area (Å²) < 4.78 is 59.0. The van der Waals surface area contributed by atoms with Gasteiger partial charge in [0.2, 0.25) is 0 Å². The van der Waals surface area contributed by atoms with E-state index < -0.39 is 15.8 Å². The summed E-state index contributed by atoms with van der Waals surface area (Å²) in [5.41, 5.74) is 1.56. The van der Waals surface area contributed by atoms with Crippen molar-refractivity contribution in [1.29, 1.82) is 0 Å². The highest BCUT2D eigenvalue weighted by atomic mass is 32.2. The van der Waals surface area contributed by atoms with Crippen LogP contribution in [0.15, 0.2) is 71.6 Å². The van der Waals surface area contributed by atoms with E-state index in [1.54, 1.807) is 25.3 Å². The third-order valence-electron chi connectivity index (χ3n) is 6.47. The van der Waals surface area contributed by atoms with Crippen molar-refractivity contribution in [2.24, 2.45) is 0 Å². The first-order chi connectivity index (χ1) is 17.4. The van der Waals surface area contributed by atoms with E-state index in [1.165, 1.54) is 30.7 Å². The first-order valence-corrected chi connectivity index (χ1v) is 13.2. The van der Waals surface area contributed by atoms with E-state index in [9.17, 15) is 12.8 Å². The monoisotopic (exact) mass is 514 g/mol. The molecule has 0 amide bonds. The number of hydrogen-bond acceptors (Lipinski definition) is 6. The van der Waals surface area contributed by atoms with Crippen LogP contribution in [0.25, 0.3) is 0 Å². The highest BCUT2D eigenvalue weighted by molar-refractivity contribution is 7.92. The van der Waals surface area contributed by atoms with Crippen LogP contribution in [-0.2, 0) is 16.6 Å². The van der Waals surface area contributed by atoms with Gasteiger partial charge in [-0.3, -0.25) is 9.21 Å². The minimum atomic E-state index is -3.97. The number of anilines is 1. The molecule has 192 valence electrons. The number of ether oxygens (including phenoxy) is 3. The number of hydrogen-bond donors (Lipinski definition) is 0. The number of piperidine rings is 1. The molecule has 0 atom stereocenters. The van der Waals surface area contributed by atoms with E-state index in [0.29, 0.717) is 43.1 Å². The molecule has 4 rings (SSSR count). The van der Waals surface area contributed by atoms with Gasteiger partial charge in [-0.1, -0.05) is 18.2 Å². The lowest BCUT2D eigenvalue weighted by molar-refractivity contribution is 0.204. The van der Waals surface area contributed by atoms with Crippen LogP contribution in [0.2, 0.25) is 0 Å². The quantitative estimate of drug-likeness (QED) is 0.412. The summed E-state index contributed by atoms with van der Waals surface area (Å²) in [5.74, 6) is 1.29. The van der Waals surface area contributed by atoms with Crippen LogP contribution in [0.1, 0.15) is 18.4 Å². The van der Waals surface area contributed by atoms with Crippen LogP contribution in [0.4, 0.5) is 10.1 Å². The Morgan fingerprint density at radius 2 is 1.50 bits per heavy atom. The molecule has 0 aromatic heterocycles. The van der Waals surface area contributed by atoms with E-state index in [1.807, 2.05) is 24.3 Å². The van der Waals surface area contributed by atoms with Crippen LogP contribution in [0.5, 0.6) is 17.2 Å². The molecule has 36 heavy (non-hydrogen) atoms. The average Bonchev–Trinajstić information content (AvgIpc) is 2.90. The van der Waals surface area contributed by atoms with Crippen molar-refractivity contribution < 1.29 is 27.0 Å². The zero-order chi connectivity index (χ0) is 25.7. The smallest absolute Gasteiger partial charge is 0.264 e. The number of likely N-dealkylation sites (tertiary alicyclic amines) is 1. The Bertz CT molecular complexity index is 1280. The molecule has 1 fully saturated rings. The fourth-order valence-corrected chi connectivity index (χ4v) is 6.32. The lowest BCUT2D eigenvalue weighted by Crippen LogP contribution is -2.47. The molecule has 0 unspecified atom stereocenters. The van der Waals surface area contributed by atoms with Gasteiger partial charge < -0.3 is 14.2 Å². The van der Waals surface area contributed by atoms with Gasteiger partial charge in [0.25, 0.3) is 10.0 Å². The van der Waals surface area contributed by atoms with E-state index >= 15 is 0 Å². The fourth-order valence-electron chi connectivity index (χ4n) is 4.61. The van der Waals surface area contributed by atoms with Crippen molar-refractivity contribution in [2.75, 3.05) is 38.7 Å². The molecule has 1 heterocycles. The Morgan fingerprint density at radius 3 is 2.14 bits per heavy atom. The van der Waals surface area contributed by atoms with E-state index in [-0.39, 0.29) is 10.9 Å². The van der Waals surface area contributed by atoms with Crippen molar-refractivity contribution in [1.82, 2.24) is 4.90 Å². The number of benzene rings is 3. The summed E-state index contributed by atoms with van der Waals surface area (Å²) >= 11 is 0. The lowest BCUT2D eigenvalue weighted by atomic mass is 10.0. The number of methoxy groups -OCH3 is 3. The van der Waals surface area contributed by atoms with Gasteiger partial charge in [-0.05, 0) is 55.3 Å². The van der Waals surface area contributed by atoms with E-state index in [0.717, 1.165) is 30.0 Å². The number of nitrogens with zero attached hydrogens (tertiary/aromatic N) is 2. The maximum atomic E-state index is 13.9. The minimum absolute atomic E-state index is 0.0372. The van der Waals surface area contributed by atoms with Crippen molar-refractivity contribution in [2.45, 2.75) is 30.3 Å². The minimum Gasteiger partial charge on any atom is -0.496 e. The topological polar surface area (TPSA) is 68.3 Å². The summed E-state index contributed by atoms with van der Waals surface area (Å²) in [7, 11) is 0.729. The van der Waals surface area contributed by atoms with E-state index in [2.05, 4.69) is 4.90 Å². The van der Waals surface area contributed by atoms with Crippen LogP contribution in [0, 0.1) is 5.82 Å². The Labute approximate surface area is 212 Å². The number of para-hydroxylation sites is 1. The summed E-state index contributed by atoms with van der Waals surface area (Å²) in [6.45, 7) is 2.15. The zero-order valence-electron chi connectivity index (χ0n) is 20.7. The Balaban J connectivity index is 1.63. The van der Waals surface area contributed by atoms with Gasteiger partial charge in [0.15, 0.2) is 11.5 Å². The lowest BCUT2D eigenvalue weighted by Gasteiger charge is -2.39. The van der Waals surface area contributed by atoms with Crippen molar-refractivity contribution in [3.05, 3.63) is 78.1 Å². The second kappa shape index (κ2) is 11.2. The molecule has 0 aliphatic carbocycles. The zero-order valence-corrected chi connectivity index (χ0v) is 21.5. The normalized spacial score (nSPS) is 14.9. The second-order valence-electron chi connectivity index (χ2n) is 8.61. The van der Waals surface area contributed by atoms with Crippen LogP contribution in [0.3, 0.4) is 0 Å². The summed E-state index contributed by atoms with van der Waals surface area (Å²) in [6, 6.07) is 17.6. The number of halogens is 1. The predicted octanol–water partition coefficient (Wildman–Crippen LogP) is 4.71. The molecule has 1 aliphatic heterocycles. The maximum absolute atomic E-state index is 13.9. The van der Waals surface area contributed by atoms with Gasteiger partial charge in [0, 0.05) is 37.3 Å². The summed E-state index contributed by atoms with van der Waals surface area (Å²) in [4.78, 5) is 2.33. The van der Waals surface area contributed by atoms with Gasteiger partial charge in [0.05, 0.1) is 31.9 Å². The largest absolute Gasteiger partial charge is 0.496 e. The van der Waals surface area contributed by atoms with Crippen LogP contribution in [-0.4, -0.2) is 53.8 Å². The van der Waals surface area contributed by atoms with Crippen LogP contribution >= 0.6 is 0 Å². The third-order valence-corrected chi connectivity index (χ3v) is 8.36. The van der Waals surface area contributed by atoms with Gasteiger partial charge in [-0.15, -0.1) is 0 Å². The van der Waals surface area contributed by atoms with Crippen LogP contribution < -0.4 is 18.5 Å². The molecule has 1 aliphatic rings. The van der Waals surface area contributed by atoms with Gasteiger partial charge in [-0.2, -0.15) is 0 Å². The Morgan fingerprint density at radius 1 is 0.861 bits per heavy atom. The number of sulfonamides is 1. The molecule has 0 N–H and O–H groups in total. The van der Waals surface area contributed by atoms with Crippen molar-refractivity contribution in [3.8, 4) is 17.2 Å². The molecule has 7 nitrogen and oxygen atoms in total. The molecular weight excluding hydrogens is 483 g/mol. The summed E-state index contributed by atoms with van der Waals surface area (Å²) in [6.07, 6.45) is 1.26. The molecule has 0 spiro atoms. The molecule has 0 bridgehead atoms. The number of rotatable bonds is 9. The Kier molecular flexibility index (Phi) is 8.01. The molecule has 0 radical (unpaired) electrons. The predicted molar refractivity (Wildman–Crippen MR) is 137 cm³/mol. The molecule has 3 aromatic carbocycles.